The fourth-order valence-electron chi connectivity index (χ4n) is 5.58. The molecule has 0 amide bonds. The molecular weight excluding hydrogens is 368 g/mol. The van der Waals surface area contributed by atoms with E-state index in [9.17, 15) is 19.5 Å². The number of fused-ring (bicyclic) bond motifs is 4. The summed E-state index contributed by atoms with van der Waals surface area (Å²) in [5.74, 6) is -1.42. The van der Waals surface area contributed by atoms with Gasteiger partial charge in [0.1, 0.15) is 5.60 Å². The molecule has 0 spiro atoms. The maximum absolute atomic E-state index is 13.0. The first-order valence-electron chi connectivity index (χ1n) is 10.0. The van der Waals surface area contributed by atoms with E-state index in [2.05, 4.69) is 6.92 Å². The number of esters is 1. The lowest BCUT2D eigenvalue weighted by atomic mass is 9.56. The Morgan fingerprint density at radius 3 is 2.66 bits per heavy atom. The summed E-state index contributed by atoms with van der Waals surface area (Å²) in [5, 5.41) is 11.6. The third-order valence-electron chi connectivity index (χ3n) is 7.37. The Bertz CT molecular complexity index is 991. The van der Waals surface area contributed by atoms with Crippen LogP contribution in [0.4, 0.5) is 0 Å². The second-order valence-corrected chi connectivity index (χ2v) is 8.93. The van der Waals surface area contributed by atoms with E-state index in [1.54, 1.807) is 12.2 Å². The number of hydrogen-bond donors (Lipinski definition) is 1. The van der Waals surface area contributed by atoms with E-state index < -0.39 is 35.3 Å². The highest BCUT2D eigenvalue weighted by atomic mass is 16.5. The quantitative estimate of drug-likeness (QED) is 0.744. The van der Waals surface area contributed by atoms with Crippen LogP contribution in [0.15, 0.2) is 58.7 Å². The van der Waals surface area contributed by atoms with Gasteiger partial charge >= 0.3 is 5.97 Å². The average molecular weight is 394 g/mol. The number of ketones is 2. The minimum absolute atomic E-state index is 0.00836. The van der Waals surface area contributed by atoms with Crippen LogP contribution in [-0.4, -0.2) is 34.9 Å². The highest BCUT2D eigenvalue weighted by Gasteiger charge is 2.62. The van der Waals surface area contributed by atoms with E-state index in [1.807, 2.05) is 38.2 Å². The monoisotopic (exact) mass is 394 g/mol. The Morgan fingerprint density at radius 2 is 1.97 bits per heavy atom. The zero-order valence-corrected chi connectivity index (χ0v) is 17.2. The molecule has 0 radical (unpaired) electrons. The van der Waals surface area contributed by atoms with Gasteiger partial charge in [-0.3, -0.25) is 14.4 Å². The Kier molecular flexibility index (Phi) is 4.25. The number of Topliss-reactive ketones (excluding diaryl/α,β-unsaturated/α-hetero) is 1. The summed E-state index contributed by atoms with van der Waals surface area (Å²) >= 11 is 0. The topological polar surface area (TPSA) is 80.7 Å². The molecule has 0 aromatic heterocycles. The predicted octanol–water partition coefficient (Wildman–Crippen LogP) is 3.16. The number of carbonyl (C=O) groups excluding carboxylic acids is 3. The SMILES string of the molecule is CC(=O)OCC(=O)[C@@]1(O)C(C)C=C2C3=C(CC[C@@]21C)[C@@]1(C)C=CC(=O)C=C1C=C3. The minimum Gasteiger partial charge on any atom is -0.458 e. The van der Waals surface area contributed by atoms with Crippen LogP contribution in [0.25, 0.3) is 0 Å². The number of aliphatic hydroxyl groups is 1. The van der Waals surface area contributed by atoms with E-state index in [4.69, 9.17) is 4.74 Å². The molecule has 0 saturated heterocycles. The van der Waals surface area contributed by atoms with E-state index in [0.29, 0.717) is 12.8 Å². The predicted molar refractivity (Wildman–Crippen MR) is 108 cm³/mol. The normalized spacial score (nSPS) is 37.4. The third-order valence-corrected chi connectivity index (χ3v) is 7.37. The Labute approximate surface area is 170 Å². The molecule has 1 N–H and O–H groups in total. The van der Waals surface area contributed by atoms with Crippen molar-refractivity contribution in [3.63, 3.8) is 0 Å². The fourth-order valence-corrected chi connectivity index (χ4v) is 5.58. The standard InChI is InChI=1S/C24H26O5/c1-14-11-20-18-6-5-16-12-17(26)7-9-22(16,3)19(18)8-10-23(20,4)24(14,28)21(27)13-29-15(2)25/h5-7,9,11-12,14,28H,8,10,13H2,1-4H3/t14?,22-,23-,24-/m0/s1. The van der Waals surface area contributed by atoms with Gasteiger partial charge in [-0.1, -0.05) is 38.2 Å². The van der Waals surface area contributed by atoms with Crippen LogP contribution in [0.2, 0.25) is 0 Å². The van der Waals surface area contributed by atoms with Crippen LogP contribution in [-0.2, 0) is 19.1 Å². The van der Waals surface area contributed by atoms with Crippen LogP contribution in [0.5, 0.6) is 0 Å². The number of rotatable bonds is 3. The van der Waals surface area contributed by atoms with Crippen molar-refractivity contribution >= 4 is 17.5 Å². The van der Waals surface area contributed by atoms with Crippen LogP contribution < -0.4 is 0 Å². The molecule has 4 aliphatic rings. The molecule has 4 atom stereocenters. The average Bonchev–Trinajstić information content (AvgIpc) is 2.88. The summed E-state index contributed by atoms with van der Waals surface area (Å²) in [4.78, 5) is 36.0. The van der Waals surface area contributed by atoms with E-state index in [-0.39, 0.29) is 11.2 Å². The van der Waals surface area contributed by atoms with Crippen molar-refractivity contribution in [2.75, 3.05) is 6.61 Å². The van der Waals surface area contributed by atoms with Crippen molar-refractivity contribution < 1.29 is 24.2 Å². The summed E-state index contributed by atoms with van der Waals surface area (Å²) in [6, 6.07) is 0. The number of allylic oxidation sites excluding steroid dienone is 8. The number of ether oxygens (including phenoxy) is 1. The molecule has 4 rings (SSSR count). The molecule has 0 aromatic rings. The minimum atomic E-state index is -1.63. The molecule has 0 saturated carbocycles. The molecule has 29 heavy (non-hydrogen) atoms. The van der Waals surface area contributed by atoms with Gasteiger partial charge in [0.15, 0.2) is 12.4 Å². The lowest BCUT2D eigenvalue weighted by Crippen LogP contribution is -2.56. The van der Waals surface area contributed by atoms with Gasteiger partial charge < -0.3 is 9.84 Å². The van der Waals surface area contributed by atoms with Crippen LogP contribution >= 0.6 is 0 Å². The molecule has 5 nitrogen and oxygen atoms in total. The van der Waals surface area contributed by atoms with Gasteiger partial charge in [-0.05, 0) is 54.2 Å². The molecule has 0 fully saturated rings. The lowest BCUT2D eigenvalue weighted by Gasteiger charge is -2.49. The third kappa shape index (κ3) is 2.53. The Morgan fingerprint density at radius 1 is 1.24 bits per heavy atom. The molecule has 5 heteroatoms. The Balaban J connectivity index is 1.77. The first kappa shape index (κ1) is 19.8. The molecule has 0 bridgehead atoms. The summed E-state index contributed by atoms with van der Waals surface area (Å²) < 4.78 is 4.91. The van der Waals surface area contributed by atoms with Crippen molar-refractivity contribution in [1.82, 2.24) is 0 Å². The number of carbonyl (C=O) groups is 3. The van der Waals surface area contributed by atoms with Crippen molar-refractivity contribution in [3.8, 4) is 0 Å². The first-order chi connectivity index (χ1) is 13.5. The zero-order valence-electron chi connectivity index (χ0n) is 17.2. The zero-order chi connectivity index (χ0) is 21.2. The molecule has 0 aliphatic heterocycles. The molecule has 0 heterocycles. The smallest absolute Gasteiger partial charge is 0.303 e. The largest absolute Gasteiger partial charge is 0.458 e. The number of hydrogen-bond acceptors (Lipinski definition) is 5. The summed E-state index contributed by atoms with van der Waals surface area (Å²) in [7, 11) is 0. The van der Waals surface area contributed by atoms with Crippen molar-refractivity contribution in [1.29, 1.82) is 0 Å². The second-order valence-electron chi connectivity index (χ2n) is 8.93. The van der Waals surface area contributed by atoms with Gasteiger partial charge in [-0.25, -0.2) is 0 Å². The summed E-state index contributed by atoms with van der Waals surface area (Å²) in [6.45, 7) is 6.70. The maximum Gasteiger partial charge on any atom is 0.303 e. The molecule has 1 unspecified atom stereocenters. The summed E-state index contributed by atoms with van der Waals surface area (Å²) in [5.41, 5.74) is 1.44. The first-order valence-corrected chi connectivity index (χ1v) is 10.0. The Hall–Kier alpha value is -2.53. The van der Waals surface area contributed by atoms with Crippen LogP contribution in [0, 0.1) is 16.7 Å². The highest BCUT2D eigenvalue weighted by molar-refractivity contribution is 6.02. The molecule has 0 aromatic carbocycles. The molecule has 152 valence electrons. The lowest BCUT2D eigenvalue weighted by molar-refractivity contribution is -0.163. The van der Waals surface area contributed by atoms with Gasteiger partial charge in [-0.15, -0.1) is 0 Å². The van der Waals surface area contributed by atoms with Gasteiger partial charge in [0.25, 0.3) is 0 Å². The van der Waals surface area contributed by atoms with Crippen LogP contribution in [0.1, 0.15) is 40.5 Å². The van der Waals surface area contributed by atoms with E-state index >= 15 is 0 Å². The van der Waals surface area contributed by atoms with Crippen molar-refractivity contribution in [2.24, 2.45) is 16.7 Å². The fraction of sp³-hybridized carbons (Fsp3) is 0.458. The highest BCUT2D eigenvalue weighted by Crippen LogP contribution is 2.62. The van der Waals surface area contributed by atoms with Gasteiger partial charge in [-0.2, -0.15) is 0 Å². The van der Waals surface area contributed by atoms with Gasteiger partial charge in [0.2, 0.25) is 5.78 Å². The van der Waals surface area contributed by atoms with E-state index in [0.717, 1.165) is 16.7 Å². The molecular formula is C24H26O5. The van der Waals surface area contributed by atoms with Crippen molar-refractivity contribution in [2.45, 2.75) is 46.1 Å². The van der Waals surface area contributed by atoms with E-state index in [1.165, 1.54) is 12.5 Å². The molecule has 4 aliphatic carbocycles. The van der Waals surface area contributed by atoms with Gasteiger partial charge in [0, 0.05) is 23.7 Å². The second kappa shape index (κ2) is 6.23. The van der Waals surface area contributed by atoms with Crippen LogP contribution in [0.3, 0.4) is 0 Å². The van der Waals surface area contributed by atoms with Crippen molar-refractivity contribution in [3.05, 3.63) is 58.7 Å². The maximum atomic E-state index is 13.0. The summed E-state index contributed by atoms with van der Waals surface area (Å²) in [6.07, 6.45) is 12.5. The van der Waals surface area contributed by atoms with Gasteiger partial charge in [0.05, 0.1) is 0 Å².